The molecule has 0 rings (SSSR count). The van der Waals surface area contributed by atoms with Crippen LogP contribution in [-0.4, -0.2) is 49.8 Å². The Kier molecular flexibility index (Phi) is 9.22. The lowest BCUT2D eigenvalue weighted by Crippen LogP contribution is -2.47. The van der Waals surface area contributed by atoms with Gasteiger partial charge in [0, 0.05) is 20.1 Å². The normalized spacial score (nSPS) is 13.8. The highest BCUT2D eigenvalue weighted by molar-refractivity contribution is 5.83. The molecule has 0 heterocycles. The first kappa shape index (κ1) is 16.9. The van der Waals surface area contributed by atoms with Crippen LogP contribution >= 0.6 is 0 Å². The first-order chi connectivity index (χ1) is 8.54. The maximum Gasteiger partial charge on any atom is 0.329 e. The molecule has 0 aliphatic heterocycles. The van der Waals surface area contributed by atoms with Gasteiger partial charge < -0.3 is 20.5 Å². The van der Waals surface area contributed by atoms with Crippen molar-refractivity contribution in [3.63, 3.8) is 0 Å². The molecule has 0 aromatic heterocycles. The molecule has 0 bridgehead atoms. The van der Waals surface area contributed by atoms with Gasteiger partial charge in [-0.25, -0.2) is 4.79 Å². The predicted octanol–water partition coefficient (Wildman–Crippen LogP) is -0.338. The van der Waals surface area contributed by atoms with Gasteiger partial charge in [0.25, 0.3) is 0 Å². The summed E-state index contributed by atoms with van der Waals surface area (Å²) < 4.78 is 4.61. The van der Waals surface area contributed by atoms with E-state index < -0.39 is 12.0 Å². The number of esters is 1. The second-order valence-corrected chi connectivity index (χ2v) is 4.22. The molecular weight excluding hydrogens is 236 g/mol. The van der Waals surface area contributed by atoms with Crippen molar-refractivity contribution in [3.8, 4) is 0 Å². The summed E-state index contributed by atoms with van der Waals surface area (Å²) in [6.45, 7) is 4.59. The second-order valence-electron chi connectivity index (χ2n) is 4.22. The monoisotopic (exact) mass is 260 g/mol. The molecule has 2 unspecified atom stereocenters. The lowest BCUT2D eigenvalue weighted by Gasteiger charge is -2.19. The van der Waals surface area contributed by atoms with Crippen molar-refractivity contribution in [1.29, 1.82) is 0 Å². The Balaban J connectivity index is 4.09. The van der Waals surface area contributed by atoms with E-state index in [1.807, 2.05) is 6.92 Å². The van der Waals surface area contributed by atoms with Gasteiger partial charge in [-0.05, 0) is 18.9 Å². The van der Waals surface area contributed by atoms with Crippen LogP contribution in [0.15, 0.2) is 0 Å². The number of ether oxygens (including phenoxy) is 1. The number of carbonyl (C=O) groups is 2. The van der Waals surface area contributed by atoms with Crippen molar-refractivity contribution in [2.45, 2.75) is 32.7 Å². The first-order valence-electron chi connectivity index (χ1n) is 6.21. The van der Waals surface area contributed by atoms with Gasteiger partial charge in [-0.1, -0.05) is 13.3 Å². The Morgan fingerprint density at radius 3 is 2.44 bits per heavy atom. The van der Waals surface area contributed by atoms with Crippen molar-refractivity contribution in [2.24, 2.45) is 5.92 Å². The highest BCUT2D eigenvalue weighted by atomic mass is 16.5. The number of rotatable bonds is 9. The Labute approximate surface area is 108 Å². The number of methoxy groups -OCH3 is 1. The van der Waals surface area contributed by atoms with Crippen molar-refractivity contribution in [1.82, 2.24) is 10.6 Å². The zero-order valence-corrected chi connectivity index (χ0v) is 11.4. The molecule has 0 aromatic carbocycles. The second kappa shape index (κ2) is 9.85. The van der Waals surface area contributed by atoms with E-state index in [2.05, 4.69) is 15.4 Å². The third kappa shape index (κ3) is 7.24. The molecule has 0 aliphatic carbocycles. The van der Waals surface area contributed by atoms with E-state index in [0.29, 0.717) is 19.0 Å². The van der Waals surface area contributed by atoms with E-state index in [1.165, 1.54) is 14.0 Å². The summed E-state index contributed by atoms with van der Waals surface area (Å²) in [5, 5.41) is 14.5. The van der Waals surface area contributed by atoms with Crippen LogP contribution < -0.4 is 10.6 Å². The average molecular weight is 260 g/mol. The van der Waals surface area contributed by atoms with Crippen LogP contribution in [0.3, 0.4) is 0 Å². The standard InChI is InChI=1S/C12H24N2O4/c1-4-10(5-6-15)7-13-8-11(12(17)18-3)14-9(2)16/h10-11,13,15H,4-8H2,1-3H3,(H,14,16). The van der Waals surface area contributed by atoms with Crippen LogP contribution in [0.2, 0.25) is 0 Å². The minimum absolute atomic E-state index is 0.159. The molecule has 0 aliphatic rings. The third-order valence-electron chi connectivity index (χ3n) is 2.76. The lowest BCUT2D eigenvalue weighted by atomic mass is 10.0. The predicted molar refractivity (Wildman–Crippen MR) is 68.0 cm³/mol. The number of nitrogens with one attached hydrogen (secondary N) is 2. The minimum Gasteiger partial charge on any atom is -0.467 e. The molecule has 18 heavy (non-hydrogen) atoms. The molecular formula is C12H24N2O4. The third-order valence-corrected chi connectivity index (χ3v) is 2.76. The maximum absolute atomic E-state index is 11.4. The summed E-state index contributed by atoms with van der Waals surface area (Å²) in [5.41, 5.74) is 0. The van der Waals surface area contributed by atoms with Gasteiger partial charge in [-0.2, -0.15) is 0 Å². The highest BCUT2D eigenvalue weighted by Gasteiger charge is 2.19. The number of carbonyl (C=O) groups excluding carboxylic acids is 2. The fourth-order valence-electron chi connectivity index (χ4n) is 1.65. The van der Waals surface area contributed by atoms with Crippen LogP contribution in [0.1, 0.15) is 26.7 Å². The number of hydrogen-bond acceptors (Lipinski definition) is 5. The summed E-state index contributed by atoms with van der Waals surface area (Å²) in [6, 6.07) is -0.667. The maximum atomic E-state index is 11.4. The minimum atomic E-state index is -0.667. The highest BCUT2D eigenvalue weighted by Crippen LogP contribution is 2.05. The molecule has 0 spiro atoms. The van der Waals surface area contributed by atoms with Gasteiger partial charge in [0.1, 0.15) is 6.04 Å². The smallest absolute Gasteiger partial charge is 0.329 e. The van der Waals surface area contributed by atoms with Gasteiger partial charge in [-0.15, -0.1) is 0 Å². The molecule has 6 heteroatoms. The molecule has 2 atom stereocenters. The van der Waals surface area contributed by atoms with Crippen molar-refractivity contribution >= 4 is 11.9 Å². The zero-order chi connectivity index (χ0) is 14.0. The molecule has 106 valence electrons. The largest absolute Gasteiger partial charge is 0.467 e. The van der Waals surface area contributed by atoms with Gasteiger partial charge in [0.05, 0.1) is 7.11 Å². The van der Waals surface area contributed by atoms with E-state index in [-0.39, 0.29) is 12.5 Å². The van der Waals surface area contributed by atoms with E-state index in [9.17, 15) is 9.59 Å². The van der Waals surface area contributed by atoms with Crippen LogP contribution in [0.5, 0.6) is 0 Å². The van der Waals surface area contributed by atoms with Crippen LogP contribution in [0.25, 0.3) is 0 Å². The average Bonchev–Trinajstić information content (AvgIpc) is 2.34. The van der Waals surface area contributed by atoms with E-state index in [0.717, 1.165) is 12.8 Å². The topological polar surface area (TPSA) is 87.7 Å². The molecule has 6 nitrogen and oxygen atoms in total. The lowest BCUT2D eigenvalue weighted by molar-refractivity contribution is -0.144. The summed E-state index contributed by atoms with van der Waals surface area (Å²) >= 11 is 0. The summed E-state index contributed by atoms with van der Waals surface area (Å²) in [4.78, 5) is 22.4. The summed E-state index contributed by atoms with van der Waals surface area (Å²) in [5.74, 6) is -0.367. The molecule has 0 aromatic rings. The van der Waals surface area contributed by atoms with Gasteiger partial charge in [0.2, 0.25) is 5.91 Å². The molecule has 0 saturated heterocycles. The van der Waals surface area contributed by atoms with Crippen LogP contribution in [0.4, 0.5) is 0 Å². The molecule has 0 radical (unpaired) electrons. The Hall–Kier alpha value is -1.14. The number of aliphatic hydroxyl groups excluding tert-OH is 1. The molecule has 3 N–H and O–H groups in total. The molecule has 0 fully saturated rings. The van der Waals surface area contributed by atoms with Crippen LogP contribution in [0, 0.1) is 5.92 Å². The summed E-state index contributed by atoms with van der Waals surface area (Å²) in [6.07, 6.45) is 1.68. The quantitative estimate of drug-likeness (QED) is 0.494. The SMILES string of the molecule is CCC(CCO)CNCC(NC(C)=O)C(=O)OC. The van der Waals surface area contributed by atoms with E-state index >= 15 is 0 Å². The van der Waals surface area contributed by atoms with E-state index in [4.69, 9.17) is 5.11 Å². The Morgan fingerprint density at radius 1 is 1.33 bits per heavy atom. The number of hydrogen-bond donors (Lipinski definition) is 3. The number of aliphatic hydroxyl groups is 1. The van der Waals surface area contributed by atoms with Crippen molar-refractivity contribution in [2.75, 3.05) is 26.8 Å². The molecule has 0 saturated carbocycles. The molecule has 1 amide bonds. The first-order valence-corrected chi connectivity index (χ1v) is 6.21. The fraction of sp³-hybridized carbons (Fsp3) is 0.833. The van der Waals surface area contributed by atoms with Gasteiger partial charge in [-0.3, -0.25) is 4.79 Å². The number of amides is 1. The van der Waals surface area contributed by atoms with Gasteiger partial charge in [0.15, 0.2) is 0 Å². The zero-order valence-electron chi connectivity index (χ0n) is 11.4. The van der Waals surface area contributed by atoms with Crippen molar-refractivity contribution in [3.05, 3.63) is 0 Å². The van der Waals surface area contributed by atoms with Crippen LogP contribution in [-0.2, 0) is 14.3 Å². The Morgan fingerprint density at radius 2 is 2.00 bits per heavy atom. The van der Waals surface area contributed by atoms with E-state index in [1.54, 1.807) is 0 Å². The fourth-order valence-corrected chi connectivity index (χ4v) is 1.65. The van der Waals surface area contributed by atoms with Crippen molar-refractivity contribution < 1.29 is 19.4 Å². The Bertz CT molecular complexity index is 258. The van der Waals surface area contributed by atoms with Gasteiger partial charge >= 0.3 is 5.97 Å². The summed E-state index contributed by atoms with van der Waals surface area (Å²) in [7, 11) is 1.29.